The Morgan fingerprint density at radius 3 is 2.84 bits per heavy atom. The summed E-state index contributed by atoms with van der Waals surface area (Å²) in [6, 6.07) is 7.40. The van der Waals surface area contributed by atoms with Gasteiger partial charge in [-0.05, 0) is 38.1 Å². The fourth-order valence-corrected chi connectivity index (χ4v) is 3.58. The molecule has 3 rings (SSSR count). The summed E-state index contributed by atoms with van der Waals surface area (Å²) in [4.78, 5) is 28.8. The SMILES string of the molecule is COc1cccc(N2C[C@@H](C(=O)NCCN3CCCCC3)CC2=O)c1. The summed E-state index contributed by atoms with van der Waals surface area (Å²) in [5.74, 6) is 0.403. The average Bonchev–Trinajstić information content (AvgIpc) is 3.04. The van der Waals surface area contributed by atoms with E-state index in [0.717, 1.165) is 25.3 Å². The number of anilines is 1. The highest BCUT2D eigenvalue weighted by atomic mass is 16.5. The Morgan fingerprint density at radius 1 is 1.28 bits per heavy atom. The number of rotatable bonds is 6. The number of ether oxygens (including phenoxy) is 1. The zero-order chi connectivity index (χ0) is 17.6. The van der Waals surface area contributed by atoms with Crippen LogP contribution in [0, 0.1) is 5.92 Å². The second kappa shape index (κ2) is 8.34. The van der Waals surface area contributed by atoms with E-state index >= 15 is 0 Å². The molecule has 1 aromatic rings. The fraction of sp³-hybridized carbons (Fsp3) is 0.579. The Morgan fingerprint density at radius 2 is 2.08 bits per heavy atom. The largest absolute Gasteiger partial charge is 0.497 e. The molecule has 0 aliphatic carbocycles. The molecular weight excluding hydrogens is 318 g/mol. The molecule has 2 aliphatic rings. The van der Waals surface area contributed by atoms with Gasteiger partial charge in [0.1, 0.15) is 5.75 Å². The molecule has 0 aromatic heterocycles. The number of amides is 2. The van der Waals surface area contributed by atoms with E-state index < -0.39 is 0 Å². The standard InChI is InChI=1S/C19H27N3O3/c1-25-17-7-5-6-16(13-17)22-14-15(12-18(22)23)19(24)20-8-11-21-9-3-2-4-10-21/h5-7,13,15H,2-4,8-12,14H2,1H3,(H,20,24)/t15-/m0/s1. The van der Waals surface area contributed by atoms with Crippen LogP contribution in [0.15, 0.2) is 24.3 Å². The number of carbonyl (C=O) groups excluding carboxylic acids is 2. The van der Waals surface area contributed by atoms with Crippen LogP contribution in [0.3, 0.4) is 0 Å². The van der Waals surface area contributed by atoms with Gasteiger partial charge >= 0.3 is 0 Å². The van der Waals surface area contributed by atoms with E-state index in [-0.39, 0.29) is 24.2 Å². The van der Waals surface area contributed by atoms with Crippen LogP contribution >= 0.6 is 0 Å². The monoisotopic (exact) mass is 345 g/mol. The summed E-state index contributed by atoms with van der Waals surface area (Å²) in [7, 11) is 1.60. The lowest BCUT2D eigenvalue weighted by Gasteiger charge is -2.26. The van der Waals surface area contributed by atoms with Crippen LogP contribution in [-0.2, 0) is 9.59 Å². The summed E-state index contributed by atoms with van der Waals surface area (Å²) in [5.41, 5.74) is 0.785. The number of hydrogen-bond acceptors (Lipinski definition) is 4. The molecule has 0 spiro atoms. The second-order valence-electron chi connectivity index (χ2n) is 6.80. The molecule has 0 unspecified atom stereocenters. The predicted octanol–water partition coefficient (Wildman–Crippen LogP) is 1.65. The molecule has 1 N–H and O–H groups in total. The quantitative estimate of drug-likeness (QED) is 0.852. The van der Waals surface area contributed by atoms with Crippen molar-refractivity contribution in [2.45, 2.75) is 25.7 Å². The topological polar surface area (TPSA) is 61.9 Å². The Bertz CT molecular complexity index is 614. The van der Waals surface area contributed by atoms with Gasteiger partial charge in [0.2, 0.25) is 11.8 Å². The van der Waals surface area contributed by atoms with E-state index in [1.807, 2.05) is 24.3 Å². The zero-order valence-electron chi connectivity index (χ0n) is 14.9. The molecule has 2 amide bonds. The predicted molar refractivity (Wildman–Crippen MR) is 96.8 cm³/mol. The number of piperidine rings is 1. The highest BCUT2D eigenvalue weighted by Crippen LogP contribution is 2.27. The van der Waals surface area contributed by atoms with Gasteiger partial charge in [0.15, 0.2) is 0 Å². The molecule has 1 aromatic carbocycles. The number of nitrogens with zero attached hydrogens (tertiary/aromatic N) is 2. The molecular formula is C19H27N3O3. The third-order valence-electron chi connectivity index (χ3n) is 5.04. The number of benzene rings is 1. The smallest absolute Gasteiger partial charge is 0.227 e. The van der Waals surface area contributed by atoms with Crippen molar-refractivity contribution >= 4 is 17.5 Å². The van der Waals surface area contributed by atoms with Crippen LogP contribution in [0.5, 0.6) is 5.75 Å². The van der Waals surface area contributed by atoms with Gasteiger partial charge in [0.05, 0.1) is 13.0 Å². The number of carbonyl (C=O) groups is 2. The van der Waals surface area contributed by atoms with E-state index in [2.05, 4.69) is 10.2 Å². The minimum atomic E-state index is -0.278. The molecule has 1 atom stereocenters. The van der Waals surface area contributed by atoms with Crippen molar-refractivity contribution < 1.29 is 14.3 Å². The molecule has 25 heavy (non-hydrogen) atoms. The first-order chi connectivity index (χ1) is 12.2. The van der Waals surface area contributed by atoms with Crippen molar-refractivity contribution in [2.75, 3.05) is 44.7 Å². The molecule has 2 saturated heterocycles. The number of hydrogen-bond donors (Lipinski definition) is 1. The lowest BCUT2D eigenvalue weighted by atomic mass is 10.1. The third-order valence-corrected chi connectivity index (χ3v) is 5.04. The minimum absolute atomic E-state index is 0.00978. The summed E-state index contributed by atoms with van der Waals surface area (Å²) in [6.45, 7) is 4.24. The second-order valence-corrected chi connectivity index (χ2v) is 6.80. The molecule has 0 bridgehead atoms. The van der Waals surface area contributed by atoms with Crippen LogP contribution in [0.2, 0.25) is 0 Å². The number of likely N-dealkylation sites (tertiary alicyclic amines) is 1. The summed E-state index contributed by atoms with van der Waals surface area (Å²) >= 11 is 0. The van der Waals surface area contributed by atoms with Gasteiger partial charge in [-0.3, -0.25) is 9.59 Å². The molecule has 136 valence electrons. The first-order valence-corrected chi connectivity index (χ1v) is 9.12. The summed E-state index contributed by atoms with van der Waals surface area (Å²) < 4.78 is 5.21. The summed E-state index contributed by atoms with van der Waals surface area (Å²) in [6.07, 6.45) is 4.08. The van der Waals surface area contributed by atoms with E-state index in [1.54, 1.807) is 12.0 Å². The molecule has 2 heterocycles. The average molecular weight is 345 g/mol. The van der Waals surface area contributed by atoms with Gasteiger partial charge in [-0.25, -0.2) is 0 Å². The zero-order valence-corrected chi connectivity index (χ0v) is 14.9. The Labute approximate surface area is 149 Å². The maximum Gasteiger partial charge on any atom is 0.227 e. The van der Waals surface area contributed by atoms with Gasteiger partial charge in [-0.2, -0.15) is 0 Å². The highest BCUT2D eigenvalue weighted by Gasteiger charge is 2.35. The Hall–Kier alpha value is -2.08. The van der Waals surface area contributed by atoms with Crippen molar-refractivity contribution in [2.24, 2.45) is 5.92 Å². The van der Waals surface area contributed by atoms with E-state index in [0.29, 0.717) is 18.8 Å². The highest BCUT2D eigenvalue weighted by molar-refractivity contribution is 6.00. The van der Waals surface area contributed by atoms with Crippen LogP contribution in [0.1, 0.15) is 25.7 Å². The Kier molecular flexibility index (Phi) is 5.91. The van der Waals surface area contributed by atoms with Gasteiger partial charge < -0.3 is 19.9 Å². The first-order valence-electron chi connectivity index (χ1n) is 9.12. The van der Waals surface area contributed by atoms with Crippen molar-refractivity contribution in [1.82, 2.24) is 10.2 Å². The number of methoxy groups -OCH3 is 1. The van der Waals surface area contributed by atoms with Gasteiger partial charge in [-0.15, -0.1) is 0 Å². The van der Waals surface area contributed by atoms with Crippen LogP contribution in [0.25, 0.3) is 0 Å². The maximum atomic E-state index is 12.4. The third kappa shape index (κ3) is 4.51. The lowest BCUT2D eigenvalue weighted by Crippen LogP contribution is -2.40. The van der Waals surface area contributed by atoms with E-state index in [1.165, 1.54) is 19.3 Å². The molecule has 0 radical (unpaired) electrons. The molecule has 6 heteroatoms. The minimum Gasteiger partial charge on any atom is -0.497 e. The lowest BCUT2D eigenvalue weighted by molar-refractivity contribution is -0.126. The van der Waals surface area contributed by atoms with Crippen molar-refractivity contribution in [1.29, 1.82) is 0 Å². The van der Waals surface area contributed by atoms with Crippen LogP contribution in [-0.4, -0.2) is 56.5 Å². The van der Waals surface area contributed by atoms with Gasteiger partial charge in [-0.1, -0.05) is 12.5 Å². The maximum absolute atomic E-state index is 12.4. The van der Waals surface area contributed by atoms with Crippen LogP contribution < -0.4 is 15.0 Å². The fourth-order valence-electron chi connectivity index (χ4n) is 3.58. The molecule has 2 aliphatic heterocycles. The molecule has 6 nitrogen and oxygen atoms in total. The van der Waals surface area contributed by atoms with Crippen LogP contribution in [0.4, 0.5) is 5.69 Å². The summed E-state index contributed by atoms with van der Waals surface area (Å²) in [5, 5.41) is 3.00. The first kappa shape index (κ1) is 17.7. The molecule has 2 fully saturated rings. The van der Waals surface area contributed by atoms with Crippen molar-refractivity contribution in [3.05, 3.63) is 24.3 Å². The van der Waals surface area contributed by atoms with E-state index in [4.69, 9.17) is 4.74 Å². The molecule has 0 saturated carbocycles. The van der Waals surface area contributed by atoms with Crippen molar-refractivity contribution in [3.63, 3.8) is 0 Å². The van der Waals surface area contributed by atoms with Gasteiger partial charge in [0.25, 0.3) is 0 Å². The normalized spacial score (nSPS) is 21.4. The van der Waals surface area contributed by atoms with Gasteiger partial charge in [0, 0.05) is 37.8 Å². The number of nitrogens with one attached hydrogen (secondary N) is 1. The van der Waals surface area contributed by atoms with Crippen molar-refractivity contribution in [3.8, 4) is 5.75 Å². The van der Waals surface area contributed by atoms with E-state index in [9.17, 15) is 9.59 Å². The Balaban J connectivity index is 1.50.